The van der Waals surface area contributed by atoms with Crippen LogP contribution in [0, 0.1) is 6.92 Å². The van der Waals surface area contributed by atoms with Crippen molar-refractivity contribution >= 4 is 5.97 Å². The molecule has 0 aliphatic heterocycles. The van der Waals surface area contributed by atoms with Crippen molar-refractivity contribution < 1.29 is 14.6 Å². The molecule has 0 aliphatic carbocycles. The summed E-state index contributed by atoms with van der Waals surface area (Å²) in [5.74, 6) is -0.401. The van der Waals surface area contributed by atoms with Crippen LogP contribution in [0.1, 0.15) is 11.1 Å². The fourth-order valence-corrected chi connectivity index (χ4v) is 1.31. The first-order valence-electron chi connectivity index (χ1n) is 4.77. The fraction of sp³-hybridized carbons (Fsp3) is 0.364. The minimum absolute atomic E-state index is 0.314. The Morgan fingerprint density at radius 1 is 1.53 bits per heavy atom. The summed E-state index contributed by atoms with van der Waals surface area (Å²) >= 11 is 0. The van der Waals surface area contributed by atoms with Crippen LogP contribution in [0.2, 0.25) is 0 Å². The Bertz CT molecular complexity index is 350. The fourth-order valence-electron chi connectivity index (χ4n) is 1.31. The van der Waals surface area contributed by atoms with Crippen molar-refractivity contribution in [2.24, 2.45) is 5.73 Å². The molecule has 0 radical (unpaired) electrons. The van der Waals surface area contributed by atoms with Gasteiger partial charge in [0.15, 0.2) is 6.61 Å². The van der Waals surface area contributed by atoms with Crippen molar-refractivity contribution in [2.45, 2.75) is 13.3 Å². The van der Waals surface area contributed by atoms with E-state index >= 15 is 0 Å². The van der Waals surface area contributed by atoms with E-state index in [1.54, 1.807) is 6.07 Å². The van der Waals surface area contributed by atoms with Gasteiger partial charge in [0.1, 0.15) is 5.75 Å². The minimum atomic E-state index is -0.976. The maximum atomic E-state index is 10.3. The summed E-state index contributed by atoms with van der Waals surface area (Å²) in [6, 6.07) is 5.51. The van der Waals surface area contributed by atoms with Crippen LogP contribution in [0.4, 0.5) is 0 Å². The molecule has 0 aromatic heterocycles. The highest BCUT2D eigenvalue weighted by Gasteiger charge is 2.02. The predicted molar refractivity (Wildman–Crippen MR) is 57.1 cm³/mol. The topological polar surface area (TPSA) is 72.5 Å². The van der Waals surface area contributed by atoms with Crippen molar-refractivity contribution in [1.29, 1.82) is 0 Å². The van der Waals surface area contributed by atoms with Crippen molar-refractivity contribution in [1.82, 2.24) is 0 Å². The summed E-state index contributed by atoms with van der Waals surface area (Å²) in [6.07, 6.45) is 0.774. The molecule has 82 valence electrons. The van der Waals surface area contributed by atoms with Crippen LogP contribution in [0.3, 0.4) is 0 Å². The summed E-state index contributed by atoms with van der Waals surface area (Å²) in [4.78, 5) is 10.3. The molecule has 1 aromatic carbocycles. The Hall–Kier alpha value is -1.55. The summed E-state index contributed by atoms with van der Waals surface area (Å²) in [5, 5.41) is 8.46. The van der Waals surface area contributed by atoms with Gasteiger partial charge in [0.2, 0.25) is 0 Å². The maximum Gasteiger partial charge on any atom is 0.341 e. The van der Waals surface area contributed by atoms with E-state index < -0.39 is 5.97 Å². The molecule has 0 unspecified atom stereocenters. The molecule has 4 nitrogen and oxygen atoms in total. The van der Waals surface area contributed by atoms with Crippen LogP contribution in [0.15, 0.2) is 18.2 Å². The van der Waals surface area contributed by atoms with E-state index in [-0.39, 0.29) is 6.61 Å². The maximum absolute atomic E-state index is 10.3. The standard InChI is InChI=1S/C11H15NO3/c1-8-2-3-10(15-7-11(13)14)6-9(8)4-5-12/h2-3,6H,4-5,7,12H2,1H3,(H,13,14). The Labute approximate surface area is 88.7 Å². The van der Waals surface area contributed by atoms with Crippen LogP contribution in [0.25, 0.3) is 0 Å². The van der Waals surface area contributed by atoms with E-state index in [0.29, 0.717) is 12.3 Å². The highest BCUT2D eigenvalue weighted by atomic mass is 16.5. The number of hydrogen-bond donors (Lipinski definition) is 2. The van der Waals surface area contributed by atoms with Gasteiger partial charge < -0.3 is 15.6 Å². The van der Waals surface area contributed by atoms with Crippen molar-refractivity contribution in [3.63, 3.8) is 0 Å². The second-order valence-electron chi connectivity index (χ2n) is 3.31. The zero-order valence-electron chi connectivity index (χ0n) is 8.69. The van der Waals surface area contributed by atoms with E-state index in [4.69, 9.17) is 15.6 Å². The largest absolute Gasteiger partial charge is 0.482 e. The van der Waals surface area contributed by atoms with Gasteiger partial charge in [0.25, 0.3) is 0 Å². The van der Waals surface area contributed by atoms with Crippen LogP contribution in [-0.2, 0) is 11.2 Å². The van der Waals surface area contributed by atoms with E-state index in [0.717, 1.165) is 17.5 Å². The van der Waals surface area contributed by atoms with Gasteiger partial charge in [-0.15, -0.1) is 0 Å². The van der Waals surface area contributed by atoms with Crippen LogP contribution >= 0.6 is 0 Å². The SMILES string of the molecule is Cc1ccc(OCC(=O)O)cc1CCN. The molecule has 0 saturated heterocycles. The lowest BCUT2D eigenvalue weighted by Gasteiger charge is -2.08. The average molecular weight is 209 g/mol. The lowest BCUT2D eigenvalue weighted by molar-refractivity contribution is -0.139. The van der Waals surface area contributed by atoms with Gasteiger partial charge in [-0.2, -0.15) is 0 Å². The lowest BCUT2D eigenvalue weighted by atomic mass is 10.1. The molecule has 1 aromatic rings. The van der Waals surface area contributed by atoms with E-state index in [1.807, 2.05) is 19.1 Å². The van der Waals surface area contributed by atoms with Gasteiger partial charge in [-0.1, -0.05) is 6.07 Å². The molecule has 0 aliphatic rings. The first kappa shape index (κ1) is 11.5. The zero-order valence-corrected chi connectivity index (χ0v) is 8.69. The number of hydrogen-bond acceptors (Lipinski definition) is 3. The van der Waals surface area contributed by atoms with Gasteiger partial charge >= 0.3 is 5.97 Å². The summed E-state index contributed by atoms with van der Waals surface area (Å²) in [5.41, 5.74) is 7.71. The number of benzene rings is 1. The molecular weight excluding hydrogens is 194 g/mol. The number of ether oxygens (including phenoxy) is 1. The molecule has 0 amide bonds. The first-order valence-corrected chi connectivity index (χ1v) is 4.77. The summed E-state index contributed by atoms with van der Waals surface area (Å²) < 4.78 is 5.07. The minimum Gasteiger partial charge on any atom is -0.482 e. The molecule has 0 spiro atoms. The third-order valence-electron chi connectivity index (χ3n) is 2.10. The molecule has 4 heteroatoms. The molecule has 0 fully saturated rings. The van der Waals surface area contributed by atoms with E-state index in [1.165, 1.54) is 0 Å². The molecule has 0 heterocycles. The van der Waals surface area contributed by atoms with Crippen molar-refractivity contribution in [2.75, 3.05) is 13.2 Å². The Kier molecular flexibility index (Phi) is 4.12. The molecule has 0 bridgehead atoms. The number of carboxylic acid groups (broad SMARTS) is 1. The average Bonchev–Trinajstić information content (AvgIpc) is 2.19. The number of nitrogens with two attached hydrogens (primary N) is 1. The third-order valence-corrected chi connectivity index (χ3v) is 2.10. The Morgan fingerprint density at radius 3 is 2.87 bits per heavy atom. The van der Waals surface area contributed by atoms with Gasteiger partial charge in [0.05, 0.1) is 0 Å². The second kappa shape index (κ2) is 5.36. The van der Waals surface area contributed by atoms with Gasteiger partial charge in [0, 0.05) is 0 Å². The molecule has 1 rings (SSSR count). The Morgan fingerprint density at radius 2 is 2.27 bits per heavy atom. The van der Waals surface area contributed by atoms with E-state index in [2.05, 4.69) is 0 Å². The van der Waals surface area contributed by atoms with Gasteiger partial charge in [-0.3, -0.25) is 0 Å². The molecule has 3 N–H and O–H groups in total. The summed E-state index contributed by atoms with van der Waals surface area (Å²) in [6.45, 7) is 2.25. The molecule has 0 atom stereocenters. The predicted octanol–water partition coefficient (Wildman–Crippen LogP) is 0.960. The quantitative estimate of drug-likeness (QED) is 0.757. The molecule has 15 heavy (non-hydrogen) atoms. The van der Waals surface area contributed by atoms with E-state index in [9.17, 15) is 4.79 Å². The summed E-state index contributed by atoms with van der Waals surface area (Å²) in [7, 11) is 0. The van der Waals surface area contributed by atoms with Gasteiger partial charge in [-0.25, -0.2) is 4.79 Å². The van der Waals surface area contributed by atoms with Crippen molar-refractivity contribution in [3.8, 4) is 5.75 Å². The van der Waals surface area contributed by atoms with Crippen LogP contribution < -0.4 is 10.5 Å². The number of aryl methyl sites for hydroxylation is 1. The second-order valence-corrected chi connectivity index (χ2v) is 3.31. The number of carboxylic acids is 1. The highest BCUT2D eigenvalue weighted by Crippen LogP contribution is 2.17. The number of rotatable bonds is 5. The molecular formula is C11H15NO3. The van der Waals surface area contributed by atoms with Crippen molar-refractivity contribution in [3.05, 3.63) is 29.3 Å². The smallest absolute Gasteiger partial charge is 0.341 e. The van der Waals surface area contributed by atoms with Crippen LogP contribution in [-0.4, -0.2) is 24.2 Å². The third kappa shape index (κ3) is 3.59. The highest BCUT2D eigenvalue weighted by molar-refractivity contribution is 5.68. The normalized spacial score (nSPS) is 10.0. The van der Waals surface area contributed by atoms with Gasteiger partial charge in [-0.05, 0) is 43.1 Å². The number of aliphatic carboxylic acids is 1. The molecule has 0 saturated carbocycles. The Balaban J connectivity index is 2.73. The van der Waals surface area contributed by atoms with Crippen LogP contribution in [0.5, 0.6) is 5.75 Å². The zero-order chi connectivity index (χ0) is 11.3. The first-order chi connectivity index (χ1) is 7.13. The number of carbonyl (C=O) groups is 1. The lowest BCUT2D eigenvalue weighted by Crippen LogP contribution is -2.10. The monoisotopic (exact) mass is 209 g/mol.